The molecule has 0 fully saturated rings. The summed E-state index contributed by atoms with van der Waals surface area (Å²) in [6.07, 6.45) is 11.3. The van der Waals surface area contributed by atoms with E-state index in [1.807, 2.05) is 49.4 Å². The zero-order valence-electron chi connectivity index (χ0n) is 19.0. The average Bonchev–Trinajstić information content (AvgIpc) is 3.25. The standard InChI is InChI=1S/C25H28N6O2S/c1-4-7-9-18(5-2)33-19-13-11-17(12-14-19)23-22-24(26)28-16-29-25(22)31(30-23)21(34)10-8-15-27-20(32)6-3/h4-7,9,11-14,16,21,34H,1,3,8,10,15H2,2H3,(H,27,32)(H2,26,28,29)/b9-7-,18-5+. The summed E-state index contributed by atoms with van der Waals surface area (Å²) in [5.74, 6) is 1.54. The molecule has 2 heterocycles. The van der Waals surface area contributed by atoms with Gasteiger partial charge in [0.15, 0.2) is 5.65 Å². The molecule has 0 aliphatic carbocycles. The summed E-state index contributed by atoms with van der Waals surface area (Å²) in [5.41, 5.74) is 8.32. The van der Waals surface area contributed by atoms with Gasteiger partial charge in [0.05, 0.1) is 10.8 Å². The number of aromatic nitrogens is 4. The molecule has 0 bridgehead atoms. The summed E-state index contributed by atoms with van der Waals surface area (Å²) in [7, 11) is 0. The minimum atomic E-state index is -0.261. The molecule has 0 saturated carbocycles. The third-order valence-electron chi connectivity index (χ3n) is 4.97. The summed E-state index contributed by atoms with van der Waals surface area (Å²) in [6.45, 7) is 9.54. The van der Waals surface area contributed by atoms with Crippen molar-refractivity contribution in [2.45, 2.75) is 25.1 Å². The number of ether oxygens (including phenoxy) is 1. The largest absolute Gasteiger partial charge is 0.458 e. The predicted octanol–water partition coefficient (Wildman–Crippen LogP) is 4.61. The smallest absolute Gasteiger partial charge is 0.243 e. The fraction of sp³-hybridized carbons (Fsp3) is 0.200. The molecular weight excluding hydrogens is 448 g/mol. The van der Waals surface area contributed by atoms with Crippen molar-refractivity contribution in [3.8, 4) is 17.0 Å². The molecule has 2 aromatic heterocycles. The van der Waals surface area contributed by atoms with Gasteiger partial charge in [0.2, 0.25) is 5.91 Å². The van der Waals surface area contributed by atoms with E-state index in [9.17, 15) is 4.79 Å². The number of carbonyl (C=O) groups is 1. The molecule has 1 amide bonds. The number of nitrogens with two attached hydrogens (primary N) is 1. The number of nitrogens with one attached hydrogen (secondary N) is 1. The molecular formula is C25H28N6O2S. The molecule has 0 aliphatic rings. The number of rotatable bonds is 11. The van der Waals surface area contributed by atoms with Crippen LogP contribution in [0.1, 0.15) is 25.1 Å². The Morgan fingerprint density at radius 3 is 2.74 bits per heavy atom. The first kappa shape index (κ1) is 24.8. The molecule has 0 spiro atoms. The molecule has 0 saturated heterocycles. The Hall–Kier alpha value is -3.85. The van der Waals surface area contributed by atoms with Gasteiger partial charge in [-0.15, -0.1) is 0 Å². The Morgan fingerprint density at radius 1 is 1.29 bits per heavy atom. The Bertz CT molecular complexity index is 1230. The number of hydrogen-bond acceptors (Lipinski definition) is 7. The highest BCUT2D eigenvalue weighted by Gasteiger charge is 2.20. The molecule has 8 nitrogen and oxygen atoms in total. The topological polar surface area (TPSA) is 108 Å². The van der Waals surface area contributed by atoms with Gasteiger partial charge < -0.3 is 15.8 Å². The van der Waals surface area contributed by atoms with Crippen molar-refractivity contribution in [1.82, 2.24) is 25.1 Å². The van der Waals surface area contributed by atoms with Gasteiger partial charge in [-0.25, -0.2) is 14.6 Å². The molecule has 3 aromatic rings. The van der Waals surface area contributed by atoms with E-state index >= 15 is 0 Å². The minimum absolute atomic E-state index is 0.200. The molecule has 9 heteroatoms. The first-order valence-corrected chi connectivity index (χ1v) is 11.3. The van der Waals surface area contributed by atoms with E-state index in [1.54, 1.807) is 10.8 Å². The van der Waals surface area contributed by atoms with Crippen molar-refractivity contribution in [2.24, 2.45) is 0 Å². The number of anilines is 1. The fourth-order valence-corrected chi connectivity index (χ4v) is 3.61. The van der Waals surface area contributed by atoms with Crippen LogP contribution < -0.4 is 15.8 Å². The molecule has 0 radical (unpaired) electrons. The van der Waals surface area contributed by atoms with Gasteiger partial charge in [-0.1, -0.05) is 25.3 Å². The number of fused-ring (bicyclic) bond motifs is 1. The number of benzene rings is 1. The van der Waals surface area contributed by atoms with Gasteiger partial charge in [-0.2, -0.15) is 17.7 Å². The highest BCUT2D eigenvalue weighted by Crippen LogP contribution is 2.34. The van der Waals surface area contributed by atoms with Gasteiger partial charge in [0, 0.05) is 12.1 Å². The van der Waals surface area contributed by atoms with Crippen LogP contribution in [0.15, 0.2) is 79.9 Å². The van der Waals surface area contributed by atoms with Gasteiger partial charge >= 0.3 is 0 Å². The van der Waals surface area contributed by atoms with Gasteiger partial charge in [-0.3, -0.25) is 4.79 Å². The third-order valence-corrected chi connectivity index (χ3v) is 5.45. The summed E-state index contributed by atoms with van der Waals surface area (Å²) in [4.78, 5) is 19.9. The fourth-order valence-electron chi connectivity index (χ4n) is 3.26. The summed E-state index contributed by atoms with van der Waals surface area (Å²) >= 11 is 4.72. The number of hydrogen-bond donors (Lipinski definition) is 3. The van der Waals surface area contributed by atoms with Gasteiger partial charge in [0.1, 0.15) is 29.3 Å². The molecule has 176 valence electrons. The SMILES string of the molecule is C=C/C=C\C(=C/C)Oc1ccc(-c2nn(C(S)CCCNC(=O)C=C)c3ncnc(N)c23)cc1. The number of nitrogen functional groups attached to an aromatic ring is 1. The summed E-state index contributed by atoms with van der Waals surface area (Å²) < 4.78 is 7.63. The van der Waals surface area contributed by atoms with Crippen molar-refractivity contribution >= 4 is 35.4 Å². The lowest BCUT2D eigenvalue weighted by Crippen LogP contribution is -2.22. The van der Waals surface area contributed by atoms with Crippen LogP contribution in [-0.2, 0) is 4.79 Å². The predicted molar refractivity (Wildman–Crippen MR) is 139 cm³/mol. The highest BCUT2D eigenvalue weighted by atomic mass is 32.1. The molecule has 1 atom stereocenters. The van der Waals surface area contributed by atoms with E-state index in [4.69, 9.17) is 28.2 Å². The van der Waals surface area contributed by atoms with Crippen molar-refractivity contribution in [2.75, 3.05) is 12.3 Å². The van der Waals surface area contributed by atoms with Gasteiger partial charge in [-0.05, 0) is 62.3 Å². The van der Waals surface area contributed by atoms with Crippen LogP contribution in [0.25, 0.3) is 22.3 Å². The van der Waals surface area contributed by atoms with Crippen molar-refractivity contribution in [3.63, 3.8) is 0 Å². The van der Waals surface area contributed by atoms with E-state index in [2.05, 4.69) is 28.4 Å². The van der Waals surface area contributed by atoms with Crippen LogP contribution in [0.4, 0.5) is 5.82 Å². The second-order valence-corrected chi connectivity index (χ2v) is 7.88. The Labute approximate surface area is 204 Å². The van der Waals surface area contributed by atoms with E-state index in [1.165, 1.54) is 12.4 Å². The van der Waals surface area contributed by atoms with Crippen LogP contribution in [0.2, 0.25) is 0 Å². The number of nitrogens with zero attached hydrogens (tertiary/aromatic N) is 4. The minimum Gasteiger partial charge on any atom is -0.458 e. The lowest BCUT2D eigenvalue weighted by molar-refractivity contribution is -0.116. The van der Waals surface area contributed by atoms with Crippen molar-refractivity contribution in [1.29, 1.82) is 0 Å². The Morgan fingerprint density at radius 2 is 2.06 bits per heavy atom. The third kappa shape index (κ3) is 5.93. The number of carbonyl (C=O) groups excluding carboxylic acids is 1. The van der Waals surface area contributed by atoms with E-state index in [0.29, 0.717) is 53.4 Å². The maximum absolute atomic E-state index is 11.3. The number of thiol groups is 1. The van der Waals surface area contributed by atoms with Crippen LogP contribution in [0.3, 0.4) is 0 Å². The van der Waals surface area contributed by atoms with Crippen molar-refractivity contribution in [3.05, 3.63) is 79.9 Å². The maximum atomic E-state index is 11.3. The average molecular weight is 477 g/mol. The van der Waals surface area contributed by atoms with E-state index in [0.717, 1.165) is 5.56 Å². The number of allylic oxidation sites excluding steroid dienone is 4. The molecule has 34 heavy (non-hydrogen) atoms. The molecule has 3 N–H and O–H groups in total. The van der Waals surface area contributed by atoms with E-state index < -0.39 is 0 Å². The first-order valence-electron chi connectivity index (χ1n) is 10.8. The monoisotopic (exact) mass is 476 g/mol. The summed E-state index contributed by atoms with van der Waals surface area (Å²) in [6, 6.07) is 7.56. The summed E-state index contributed by atoms with van der Waals surface area (Å²) in [5, 5.41) is 7.94. The Kier molecular flexibility index (Phi) is 8.64. The molecule has 1 aromatic carbocycles. The first-order chi connectivity index (χ1) is 16.5. The zero-order valence-corrected chi connectivity index (χ0v) is 19.9. The Balaban J connectivity index is 1.85. The quantitative estimate of drug-likeness (QED) is 0.123. The normalized spacial score (nSPS) is 12.6. The molecule has 0 aliphatic heterocycles. The van der Waals surface area contributed by atoms with Crippen LogP contribution in [-0.4, -0.2) is 32.2 Å². The zero-order chi connectivity index (χ0) is 24.5. The van der Waals surface area contributed by atoms with E-state index in [-0.39, 0.29) is 11.3 Å². The molecule has 1 unspecified atom stereocenters. The second-order valence-electron chi connectivity index (χ2n) is 7.28. The highest BCUT2D eigenvalue weighted by molar-refractivity contribution is 7.80. The second kappa shape index (κ2) is 11.9. The molecule has 3 rings (SSSR count). The van der Waals surface area contributed by atoms with Gasteiger partial charge in [0.25, 0.3) is 0 Å². The van der Waals surface area contributed by atoms with Crippen LogP contribution in [0, 0.1) is 0 Å². The van der Waals surface area contributed by atoms with Crippen LogP contribution in [0.5, 0.6) is 5.75 Å². The maximum Gasteiger partial charge on any atom is 0.243 e. The number of amides is 1. The van der Waals surface area contributed by atoms with Crippen molar-refractivity contribution < 1.29 is 9.53 Å². The lowest BCUT2D eigenvalue weighted by atomic mass is 10.1. The van der Waals surface area contributed by atoms with Crippen LogP contribution >= 0.6 is 12.6 Å². The lowest BCUT2D eigenvalue weighted by Gasteiger charge is -2.12.